The van der Waals surface area contributed by atoms with E-state index in [0.717, 1.165) is 21.0 Å². The summed E-state index contributed by atoms with van der Waals surface area (Å²) < 4.78 is 0.977. The third-order valence-corrected chi connectivity index (χ3v) is 5.67. The van der Waals surface area contributed by atoms with Crippen LogP contribution in [0.15, 0.2) is 82.1 Å². The van der Waals surface area contributed by atoms with Crippen LogP contribution < -0.4 is 10.9 Å². The van der Waals surface area contributed by atoms with E-state index in [0.29, 0.717) is 29.6 Å². The van der Waals surface area contributed by atoms with Crippen LogP contribution in [-0.4, -0.2) is 22.0 Å². The van der Waals surface area contributed by atoms with Gasteiger partial charge in [-0.3, -0.25) is 9.59 Å². The summed E-state index contributed by atoms with van der Waals surface area (Å²) >= 11 is 3.39. The van der Waals surface area contributed by atoms with Crippen molar-refractivity contribution in [3.63, 3.8) is 0 Å². The van der Waals surface area contributed by atoms with Gasteiger partial charge in [0, 0.05) is 34.1 Å². The Morgan fingerprint density at radius 1 is 0.875 bits per heavy atom. The highest BCUT2D eigenvalue weighted by Crippen LogP contribution is 2.17. The topological polar surface area (TPSA) is 99.3 Å². The fourth-order valence-electron chi connectivity index (χ4n) is 3.40. The summed E-state index contributed by atoms with van der Waals surface area (Å²) in [4.78, 5) is 39.0. The Morgan fingerprint density at radius 3 is 2.22 bits per heavy atom. The third-order valence-electron chi connectivity index (χ3n) is 5.15. The molecule has 4 aromatic rings. The molecule has 6 nitrogen and oxygen atoms in total. The van der Waals surface area contributed by atoms with Gasteiger partial charge in [0.05, 0.1) is 5.56 Å². The van der Waals surface area contributed by atoms with Crippen molar-refractivity contribution in [3.8, 4) is 0 Å². The van der Waals surface area contributed by atoms with E-state index in [4.69, 9.17) is 5.11 Å². The van der Waals surface area contributed by atoms with Crippen molar-refractivity contribution in [3.05, 3.63) is 115 Å². The van der Waals surface area contributed by atoms with Crippen molar-refractivity contribution in [1.29, 1.82) is 0 Å². The van der Waals surface area contributed by atoms with E-state index in [9.17, 15) is 14.4 Å². The Morgan fingerprint density at radius 2 is 1.53 bits per heavy atom. The van der Waals surface area contributed by atoms with Gasteiger partial charge < -0.3 is 15.4 Å². The first kappa shape index (κ1) is 21.5. The van der Waals surface area contributed by atoms with Gasteiger partial charge in [0.25, 0.3) is 11.5 Å². The molecule has 0 saturated carbocycles. The molecule has 32 heavy (non-hydrogen) atoms. The number of carbonyl (C=O) groups is 2. The number of benzene rings is 3. The van der Waals surface area contributed by atoms with E-state index >= 15 is 0 Å². The molecule has 0 aliphatic rings. The maximum atomic E-state index is 12.6. The number of fused-ring (bicyclic) bond motifs is 1. The van der Waals surface area contributed by atoms with Crippen LogP contribution in [0.2, 0.25) is 0 Å². The first-order valence-corrected chi connectivity index (χ1v) is 10.7. The van der Waals surface area contributed by atoms with Crippen molar-refractivity contribution in [2.75, 3.05) is 0 Å². The summed E-state index contributed by atoms with van der Waals surface area (Å²) in [5, 5.41) is 12.7. The first-order valence-electron chi connectivity index (χ1n) is 9.90. The minimum atomic E-state index is -0.994. The standard InChI is InChI=1S/C25H19BrN2O4/c26-21-8-3-16(4-9-21)14-27-23(29)18-7-10-22-19(12-18)13-20(24(30)28-22)11-15-1-5-17(6-2-15)25(31)32/h1-10,12-13H,11,14H2,(H,27,29)(H,28,30)(H,31,32). The lowest BCUT2D eigenvalue weighted by molar-refractivity contribution is 0.0696. The lowest BCUT2D eigenvalue weighted by Gasteiger charge is -2.08. The molecule has 1 aromatic heterocycles. The zero-order valence-corrected chi connectivity index (χ0v) is 18.5. The SMILES string of the molecule is O=C(O)c1ccc(Cc2cc3cc(C(=O)NCc4ccc(Br)cc4)ccc3[nH]c2=O)cc1. The Kier molecular flexibility index (Phi) is 6.18. The molecule has 1 heterocycles. The smallest absolute Gasteiger partial charge is 0.335 e. The number of hydrogen-bond donors (Lipinski definition) is 3. The third kappa shape index (κ3) is 4.95. The zero-order chi connectivity index (χ0) is 22.7. The molecular weight excluding hydrogens is 472 g/mol. The van der Waals surface area contributed by atoms with Crippen LogP contribution in [0.25, 0.3) is 10.9 Å². The number of pyridine rings is 1. The second-order valence-electron chi connectivity index (χ2n) is 7.41. The molecule has 0 bridgehead atoms. The predicted molar refractivity (Wildman–Crippen MR) is 126 cm³/mol. The average Bonchev–Trinajstić information content (AvgIpc) is 2.79. The summed E-state index contributed by atoms with van der Waals surface area (Å²) in [7, 11) is 0. The lowest BCUT2D eigenvalue weighted by atomic mass is 10.0. The van der Waals surface area contributed by atoms with E-state index in [1.165, 1.54) is 12.1 Å². The number of hydrogen-bond acceptors (Lipinski definition) is 3. The summed E-state index contributed by atoms with van der Waals surface area (Å²) in [5.74, 6) is -1.20. The van der Waals surface area contributed by atoms with E-state index in [1.807, 2.05) is 24.3 Å². The second-order valence-corrected chi connectivity index (χ2v) is 8.33. The Labute approximate surface area is 192 Å². The van der Waals surface area contributed by atoms with E-state index < -0.39 is 5.97 Å². The molecule has 160 valence electrons. The minimum Gasteiger partial charge on any atom is -0.478 e. The first-order chi connectivity index (χ1) is 15.4. The number of carboxylic acid groups (broad SMARTS) is 1. The van der Waals surface area contributed by atoms with Gasteiger partial charge in [-0.05, 0) is 65.0 Å². The number of carbonyl (C=O) groups excluding carboxylic acids is 1. The van der Waals surface area contributed by atoms with Crippen LogP contribution in [0.3, 0.4) is 0 Å². The van der Waals surface area contributed by atoms with Crippen LogP contribution in [0.5, 0.6) is 0 Å². The fourth-order valence-corrected chi connectivity index (χ4v) is 3.66. The van der Waals surface area contributed by atoms with Crippen molar-refractivity contribution < 1.29 is 14.7 Å². The number of carboxylic acids is 1. The Balaban J connectivity index is 1.54. The van der Waals surface area contributed by atoms with Crippen molar-refractivity contribution in [1.82, 2.24) is 10.3 Å². The maximum Gasteiger partial charge on any atom is 0.335 e. The molecule has 0 aliphatic carbocycles. The molecule has 0 fully saturated rings. The summed E-state index contributed by atoms with van der Waals surface area (Å²) in [6, 6.07) is 21.0. The number of aromatic nitrogens is 1. The number of aromatic amines is 1. The molecule has 0 spiro atoms. The van der Waals surface area contributed by atoms with Gasteiger partial charge >= 0.3 is 5.97 Å². The monoisotopic (exact) mass is 490 g/mol. The summed E-state index contributed by atoms with van der Waals surface area (Å²) in [5.41, 5.74) is 3.47. The number of aromatic carboxylic acids is 1. The molecule has 0 saturated heterocycles. The van der Waals surface area contributed by atoms with Gasteiger partial charge in [-0.25, -0.2) is 4.79 Å². The maximum absolute atomic E-state index is 12.6. The number of nitrogens with one attached hydrogen (secondary N) is 2. The van der Waals surface area contributed by atoms with E-state index in [-0.39, 0.29) is 17.0 Å². The number of halogens is 1. The van der Waals surface area contributed by atoms with Crippen LogP contribution in [0.4, 0.5) is 0 Å². The van der Waals surface area contributed by atoms with Crippen molar-refractivity contribution in [2.24, 2.45) is 0 Å². The van der Waals surface area contributed by atoms with Gasteiger partial charge in [0.2, 0.25) is 0 Å². The zero-order valence-electron chi connectivity index (χ0n) is 16.9. The van der Waals surface area contributed by atoms with Gasteiger partial charge in [-0.2, -0.15) is 0 Å². The van der Waals surface area contributed by atoms with Gasteiger partial charge in [-0.15, -0.1) is 0 Å². The van der Waals surface area contributed by atoms with Crippen LogP contribution in [0.1, 0.15) is 37.4 Å². The molecule has 3 N–H and O–H groups in total. The summed E-state index contributed by atoms with van der Waals surface area (Å²) in [6.07, 6.45) is 0.352. The van der Waals surface area contributed by atoms with Gasteiger partial charge in [-0.1, -0.05) is 40.2 Å². The molecule has 7 heteroatoms. The molecule has 0 unspecified atom stereocenters. The molecule has 1 amide bonds. The molecule has 4 rings (SSSR count). The normalized spacial score (nSPS) is 10.8. The fraction of sp³-hybridized carbons (Fsp3) is 0.0800. The highest BCUT2D eigenvalue weighted by Gasteiger charge is 2.10. The van der Waals surface area contributed by atoms with Crippen LogP contribution in [-0.2, 0) is 13.0 Å². The largest absolute Gasteiger partial charge is 0.478 e. The quantitative estimate of drug-likeness (QED) is 0.370. The molecular formula is C25H19BrN2O4. The highest BCUT2D eigenvalue weighted by molar-refractivity contribution is 9.10. The van der Waals surface area contributed by atoms with Crippen molar-refractivity contribution in [2.45, 2.75) is 13.0 Å². The second kappa shape index (κ2) is 9.20. The number of rotatable bonds is 6. The number of H-pyrrole nitrogens is 1. The van der Waals surface area contributed by atoms with Crippen LogP contribution in [0, 0.1) is 0 Å². The Bertz CT molecular complexity index is 1360. The summed E-state index contributed by atoms with van der Waals surface area (Å²) in [6.45, 7) is 0.410. The molecule has 0 radical (unpaired) electrons. The molecule has 3 aromatic carbocycles. The number of amides is 1. The highest BCUT2D eigenvalue weighted by atomic mass is 79.9. The van der Waals surface area contributed by atoms with Gasteiger partial charge in [0.15, 0.2) is 0 Å². The Hall–Kier alpha value is -3.71. The van der Waals surface area contributed by atoms with E-state index in [2.05, 4.69) is 26.2 Å². The lowest BCUT2D eigenvalue weighted by Crippen LogP contribution is -2.22. The average molecular weight is 491 g/mol. The molecule has 0 aliphatic heterocycles. The molecule has 0 atom stereocenters. The minimum absolute atomic E-state index is 0.194. The van der Waals surface area contributed by atoms with E-state index in [1.54, 1.807) is 36.4 Å². The van der Waals surface area contributed by atoms with Crippen LogP contribution >= 0.6 is 15.9 Å². The predicted octanol–water partition coefficient (Wildman–Crippen LogP) is 4.51. The van der Waals surface area contributed by atoms with Gasteiger partial charge in [0.1, 0.15) is 0 Å². The van der Waals surface area contributed by atoms with Crippen molar-refractivity contribution >= 4 is 38.7 Å².